The lowest BCUT2D eigenvalue weighted by Crippen LogP contribution is -2.08. The number of carbonyl (C=O) groups is 2. The van der Waals surface area contributed by atoms with Crippen LogP contribution in [0.4, 0.5) is 0 Å². The van der Waals surface area contributed by atoms with Crippen molar-refractivity contribution in [2.45, 2.75) is 13.3 Å². The lowest BCUT2D eigenvalue weighted by atomic mass is 9.96. The predicted molar refractivity (Wildman–Crippen MR) is 102 cm³/mol. The Kier molecular flexibility index (Phi) is 4.85. The SMILES string of the molecule is C=CC(=O)Oc1c2ccccc2c(OC(=O)C=C)c2c(CC)cccc12. The van der Waals surface area contributed by atoms with Crippen LogP contribution in [0, 0.1) is 0 Å². The third-order valence-corrected chi connectivity index (χ3v) is 4.16. The maximum absolute atomic E-state index is 11.9. The third-order valence-electron chi connectivity index (χ3n) is 4.16. The minimum atomic E-state index is -0.547. The van der Waals surface area contributed by atoms with Gasteiger partial charge in [0.2, 0.25) is 0 Å². The van der Waals surface area contributed by atoms with Crippen molar-refractivity contribution in [3.05, 3.63) is 73.3 Å². The van der Waals surface area contributed by atoms with Crippen LogP contribution < -0.4 is 9.47 Å². The molecule has 0 N–H and O–H groups in total. The molecule has 0 aliphatic heterocycles. The fourth-order valence-electron chi connectivity index (χ4n) is 3.01. The summed E-state index contributed by atoms with van der Waals surface area (Å²) in [5, 5.41) is 2.80. The highest BCUT2D eigenvalue weighted by atomic mass is 16.5. The summed E-state index contributed by atoms with van der Waals surface area (Å²) in [4.78, 5) is 23.8. The van der Waals surface area contributed by atoms with E-state index in [4.69, 9.17) is 9.47 Å². The Hall–Kier alpha value is -3.40. The Morgan fingerprint density at radius 3 is 1.96 bits per heavy atom. The second-order valence-electron chi connectivity index (χ2n) is 5.65. The van der Waals surface area contributed by atoms with Gasteiger partial charge in [0.25, 0.3) is 0 Å². The smallest absolute Gasteiger partial charge is 0.335 e. The van der Waals surface area contributed by atoms with Crippen LogP contribution in [0.3, 0.4) is 0 Å². The Morgan fingerprint density at radius 2 is 1.38 bits per heavy atom. The van der Waals surface area contributed by atoms with Crippen molar-refractivity contribution in [2.75, 3.05) is 0 Å². The van der Waals surface area contributed by atoms with Crippen molar-refractivity contribution in [1.29, 1.82) is 0 Å². The highest BCUT2D eigenvalue weighted by molar-refractivity contribution is 6.14. The van der Waals surface area contributed by atoms with Crippen LogP contribution in [0.2, 0.25) is 0 Å². The number of carbonyl (C=O) groups excluding carboxylic acids is 2. The second kappa shape index (κ2) is 7.23. The molecule has 3 aromatic rings. The van der Waals surface area contributed by atoms with Crippen molar-refractivity contribution < 1.29 is 19.1 Å². The van der Waals surface area contributed by atoms with Crippen LogP contribution in [0.5, 0.6) is 11.5 Å². The first-order valence-electron chi connectivity index (χ1n) is 8.25. The van der Waals surface area contributed by atoms with Crippen molar-refractivity contribution >= 4 is 33.5 Å². The molecule has 0 unspecified atom stereocenters. The van der Waals surface area contributed by atoms with Crippen molar-refractivity contribution in [1.82, 2.24) is 0 Å². The maximum atomic E-state index is 11.9. The molecule has 0 aliphatic rings. The minimum Gasteiger partial charge on any atom is -0.422 e. The van der Waals surface area contributed by atoms with E-state index in [9.17, 15) is 9.59 Å². The van der Waals surface area contributed by atoms with Crippen LogP contribution in [-0.4, -0.2) is 11.9 Å². The number of rotatable bonds is 5. The zero-order valence-electron chi connectivity index (χ0n) is 14.5. The van der Waals surface area contributed by atoms with E-state index in [1.165, 1.54) is 0 Å². The molecule has 0 atom stereocenters. The van der Waals surface area contributed by atoms with E-state index in [-0.39, 0.29) is 0 Å². The fourth-order valence-corrected chi connectivity index (χ4v) is 3.01. The van der Waals surface area contributed by atoms with Crippen LogP contribution >= 0.6 is 0 Å². The van der Waals surface area contributed by atoms with E-state index in [2.05, 4.69) is 13.2 Å². The molecule has 4 nitrogen and oxygen atoms in total. The summed E-state index contributed by atoms with van der Waals surface area (Å²) >= 11 is 0. The van der Waals surface area contributed by atoms with Gasteiger partial charge in [-0.25, -0.2) is 9.59 Å². The Balaban J connectivity index is 2.49. The summed E-state index contributed by atoms with van der Waals surface area (Å²) in [6, 6.07) is 13.0. The van der Waals surface area contributed by atoms with Crippen LogP contribution in [0.15, 0.2) is 67.8 Å². The van der Waals surface area contributed by atoms with Gasteiger partial charge < -0.3 is 9.47 Å². The summed E-state index contributed by atoms with van der Waals surface area (Å²) in [5.74, 6) is -0.224. The monoisotopic (exact) mass is 346 g/mol. The minimum absolute atomic E-state index is 0.425. The number of benzene rings is 3. The van der Waals surface area contributed by atoms with Gasteiger partial charge in [-0.2, -0.15) is 0 Å². The van der Waals surface area contributed by atoms with Gasteiger partial charge in [-0.15, -0.1) is 0 Å². The summed E-state index contributed by atoms with van der Waals surface area (Å²) in [6.07, 6.45) is 2.97. The van der Waals surface area contributed by atoms with E-state index in [1.807, 2.05) is 49.4 Å². The van der Waals surface area contributed by atoms with Crippen LogP contribution in [0.25, 0.3) is 21.5 Å². The van der Waals surface area contributed by atoms with Gasteiger partial charge in [-0.05, 0) is 12.0 Å². The molecule has 0 saturated carbocycles. The Labute approximate surface area is 151 Å². The number of ether oxygens (including phenoxy) is 2. The molecule has 3 aromatic carbocycles. The van der Waals surface area contributed by atoms with E-state index < -0.39 is 11.9 Å². The van der Waals surface area contributed by atoms with Crippen LogP contribution in [0.1, 0.15) is 12.5 Å². The molecular formula is C22H18O4. The molecule has 0 aliphatic carbocycles. The summed E-state index contributed by atoms with van der Waals surface area (Å²) in [5.41, 5.74) is 0.982. The number of hydrogen-bond donors (Lipinski definition) is 0. The first-order chi connectivity index (χ1) is 12.6. The zero-order chi connectivity index (χ0) is 18.7. The van der Waals surface area contributed by atoms with Gasteiger partial charge in [0.05, 0.1) is 0 Å². The molecule has 4 heteroatoms. The van der Waals surface area contributed by atoms with Gasteiger partial charge in [0.1, 0.15) is 11.5 Å². The first kappa shape index (κ1) is 17.4. The quantitative estimate of drug-likeness (QED) is 0.290. The zero-order valence-corrected chi connectivity index (χ0v) is 14.5. The normalized spacial score (nSPS) is 10.5. The van der Waals surface area contributed by atoms with Gasteiger partial charge in [-0.3, -0.25) is 0 Å². The number of esters is 2. The predicted octanol–water partition coefficient (Wildman–Crippen LogP) is 4.74. The molecule has 0 aromatic heterocycles. The average Bonchev–Trinajstić information content (AvgIpc) is 2.69. The third kappa shape index (κ3) is 2.97. The molecular weight excluding hydrogens is 328 g/mol. The molecule has 0 heterocycles. The maximum Gasteiger partial charge on any atom is 0.335 e. The molecule has 26 heavy (non-hydrogen) atoms. The van der Waals surface area contributed by atoms with E-state index in [1.54, 1.807) is 0 Å². The lowest BCUT2D eigenvalue weighted by molar-refractivity contribution is -0.129. The Morgan fingerprint density at radius 1 is 0.846 bits per heavy atom. The molecule has 0 spiro atoms. The molecule has 3 rings (SSSR count). The number of hydrogen-bond acceptors (Lipinski definition) is 4. The fraction of sp³-hybridized carbons (Fsp3) is 0.0909. The van der Waals surface area contributed by atoms with E-state index >= 15 is 0 Å². The van der Waals surface area contributed by atoms with E-state index in [0.29, 0.717) is 27.7 Å². The van der Waals surface area contributed by atoms with Gasteiger partial charge in [-0.1, -0.05) is 62.5 Å². The lowest BCUT2D eigenvalue weighted by Gasteiger charge is -2.17. The molecule has 130 valence electrons. The highest BCUT2D eigenvalue weighted by Crippen LogP contribution is 2.44. The summed E-state index contributed by atoms with van der Waals surface area (Å²) in [7, 11) is 0. The van der Waals surface area contributed by atoms with Gasteiger partial charge >= 0.3 is 11.9 Å². The summed E-state index contributed by atoms with van der Waals surface area (Å²) < 4.78 is 11.2. The molecule has 0 bridgehead atoms. The first-order valence-corrected chi connectivity index (χ1v) is 8.25. The van der Waals surface area contributed by atoms with Crippen molar-refractivity contribution in [2.24, 2.45) is 0 Å². The number of aryl methyl sites for hydroxylation is 1. The molecule has 0 amide bonds. The van der Waals surface area contributed by atoms with Crippen molar-refractivity contribution in [3.8, 4) is 11.5 Å². The highest BCUT2D eigenvalue weighted by Gasteiger charge is 2.20. The second-order valence-corrected chi connectivity index (χ2v) is 5.65. The van der Waals surface area contributed by atoms with Crippen LogP contribution in [-0.2, 0) is 16.0 Å². The summed E-state index contributed by atoms with van der Waals surface area (Å²) in [6.45, 7) is 8.95. The van der Waals surface area contributed by atoms with Gasteiger partial charge in [0.15, 0.2) is 0 Å². The molecule has 0 radical (unpaired) electrons. The van der Waals surface area contributed by atoms with E-state index in [0.717, 1.165) is 29.5 Å². The van der Waals surface area contributed by atoms with Gasteiger partial charge in [0, 0.05) is 33.7 Å². The topological polar surface area (TPSA) is 52.6 Å². The standard InChI is InChI=1S/C22H18O4/c1-4-14-10-9-13-17-20(14)22(26-19(24)6-3)16-12-8-7-11-15(16)21(17)25-18(23)5-2/h5-13H,2-4H2,1H3. The Bertz CT molecular complexity index is 1050. The molecule has 0 fully saturated rings. The molecule has 0 saturated heterocycles. The van der Waals surface area contributed by atoms with Crippen molar-refractivity contribution in [3.63, 3.8) is 0 Å². The number of fused-ring (bicyclic) bond motifs is 2. The largest absolute Gasteiger partial charge is 0.422 e. The average molecular weight is 346 g/mol.